The van der Waals surface area contributed by atoms with E-state index in [2.05, 4.69) is 51.1 Å². The van der Waals surface area contributed by atoms with Crippen molar-refractivity contribution in [1.82, 2.24) is 0 Å². The summed E-state index contributed by atoms with van der Waals surface area (Å²) in [5, 5.41) is 0. The fraction of sp³-hybridized carbons (Fsp3) is 0.786. The van der Waals surface area contributed by atoms with Crippen molar-refractivity contribution in [2.45, 2.75) is 116 Å². The van der Waals surface area contributed by atoms with Crippen molar-refractivity contribution in [2.75, 3.05) is 13.2 Å². The van der Waals surface area contributed by atoms with Crippen molar-refractivity contribution in [3.05, 3.63) is 35.9 Å². The predicted molar refractivity (Wildman–Crippen MR) is 128 cm³/mol. The second-order valence-electron chi connectivity index (χ2n) is 9.62. The molecule has 1 aromatic carbocycles. The lowest BCUT2D eigenvalue weighted by atomic mass is 9.79. The molecule has 1 aromatic rings. The normalized spacial score (nSPS) is 24.0. The number of rotatable bonds is 16. The molecule has 0 bridgehead atoms. The van der Waals surface area contributed by atoms with Gasteiger partial charge < -0.3 is 14.2 Å². The zero-order chi connectivity index (χ0) is 21.9. The molecule has 0 aromatic heterocycles. The molecule has 176 valence electrons. The standard InChI is InChI=1S/C28H46O3/c1-4-7-8-9-10-12-17-25(20-18-23-19-21-26-27(22-23)31-26)28(29-5-2,30-6-3)24-15-13-11-14-16-24/h11,13-16,23,25-27H,4-10,12,17-22H2,1-3H3. The number of epoxide rings is 1. The Labute approximate surface area is 191 Å². The van der Waals surface area contributed by atoms with Gasteiger partial charge in [-0.3, -0.25) is 0 Å². The van der Waals surface area contributed by atoms with Crippen LogP contribution in [0.5, 0.6) is 0 Å². The van der Waals surface area contributed by atoms with Crippen molar-refractivity contribution in [3.63, 3.8) is 0 Å². The highest BCUT2D eigenvalue weighted by atomic mass is 16.7. The van der Waals surface area contributed by atoms with Gasteiger partial charge in [-0.2, -0.15) is 0 Å². The van der Waals surface area contributed by atoms with E-state index < -0.39 is 5.79 Å². The molecule has 1 heterocycles. The molecule has 31 heavy (non-hydrogen) atoms. The monoisotopic (exact) mass is 430 g/mol. The lowest BCUT2D eigenvalue weighted by Gasteiger charge is -2.41. The molecule has 0 spiro atoms. The van der Waals surface area contributed by atoms with E-state index in [0.29, 0.717) is 31.3 Å². The fourth-order valence-electron chi connectivity index (χ4n) is 5.66. The molecule has 4 unspecified atom stereocenters. The highest BCUT2D eigenvalue weighted by Gasteiger charge is 2.45. The lowest BCUT2D eigenvalue weighted by molar-refractivity contribution is -0.277. The Kier molecular flexibility index (Phi) is 10.3. The molecule has 1 aliphatic carbocycles. The SMILES string of the molecule is CCCCCCCCC(CCC1CCC2OC2C1)C(OCC)(OCC)c1ccccc1. The van der Waals surface area contributed by atoms with Crippen LogP contribution in [-0.4, -0.2) is 25.4 Å². The van der Waals surface area contributed by atoms with E-state index in [4.69, 9.17) is 14.2 Å². The van der Waals surface area contributed by atoms with E-state index in [-0.39, 0.29) is 0 Å². The van der Waals surface area contributed by atoms with Crippen LogP contribution < -0.4 is 0 Å². The molecule has 2 aliphatic rings. The molecular formula is C28H46O3. The van der Waals surface area contributed by atoms with E-state index in [9.17, 15) is 0 Å². The minimum absolute atomic E-state index is 0.388. The first-order valence-electron chi connectivity index (χ1n) is 13.2. The van der Waals surface area contributed by atoms with Crippen LogP contribution in [0.2, 0.25) is 0 Å². The van der Waals surface area contributed by atoms with E-state index in [0.717, 1.165) is 5.92 Å². The number of hydrogen-bond acceptors (Lipinski definition) is 3. The first-order valence-corrected chi connectivity index (χ1v) is 13.2. The topological polar surface area (TPSA) is 31.0 Å². The minimum Gasteiger partial charge on any atom is -0.370 e. The third kappa shape index (κ3) is 7.04. The zero-order valence-corrected chi connectivity index (χ0v) is 20.3. The minimum atomic E-state index is -0.624. The number of hydrogen-bond donors (Lipinski definition) is 0. The second-order valence-corrected chi connectivity index (χ2v) is 9.62. The summed E-state index contributed by atoms with van der Waals surface area (Å²) in [5.41, 5.74) is 1.18. The van der Waals surface area contributed by atoms with Crippen LogP contribution in [0, 0.1) is 11.8 Å². The molecule has 4 atom stereocenters. The van der Waals surface area contributed by atoms with Crippen LogP contribution in [0.1, 0.15) is 103 Å². The van der Waals surface area contributed by atoms with Gasteiger partial charge in [0.15, 0.2) is 5.79 Å². The van der Waals surface area contributed by atoms with Crippen molar-refractivity contribution in [1.29, 1.82) is 0 Å². The van der Waals surface area contributed by atoms with Crippen molar-refractivity contribution >= 4 is 0 Å². The maximum absolute atomic E-state index is 6.54. The summed E-state index contributed by atoms with van der Waals surface area (Å²) in [6.07, 6.45) is 16.6. The summed E-state index contributed by atoms with van der Waals surface area (Å²) in [4.78, 5) is 0. The Morgan fingerprint density at radius 2 is 1.58 bits per heavy atom. The Bertz CT molecular complexity index is 596. The zero-order valence-electron chi connectivity index (χ0n) is 20.3. The third-order valence-electron chi connectivity index (χ3n) is 7.37. The summed E-state index contributed by atoms with van der Waals surface area (Å²) >= 11 is 0. The van der Waals surface area contributed by atoms with Crippen LogP contribution in [0.15, 0.2) is 30.3 Å². The molecule has 3 heteroatoms. The highest BCUT2D eigenvalue weighted by Crippen LogP contribution is 2.45. The van der Waals surface area contributed by atoms with Gasteiger partial charge in [0.05, 0.1) is 12.2 Å². The van der Waals surface area contributed by atoms with Crippen LogP contribution >= 0.6 is 0 Å². The number of unbranched alkanes of at least 4 members (excludes halogenated alkanes) is 5. The Hall–Kier alpha value is -0.900. The molecule has 0 amide bonds. The molecule has 1 aliphatic heterocycles. The van der Waals surface area contributed by atoms with Gasteiger partial charge in [-0.15, -0.1) is 0 Å². The number of fused-ring (bicyclic) bond motifs is 1. The van der Waals surface area contributed by atoms with Gasteiger partial charge in [-0.25, -0.2) is 0 Å². The molecule has 2 fully saturated rings. The van der Waals surface area contributed by atoms with E-state index in [1.165, 1.54) is 82.6 Å². The predicted octanol–water partition coefficient (Wildman–Crippen LogP) is 7.63. The van der Waals surface area contributed by atoms with Crippen LogP contribution in [0.4, 0.5) is 0 Å². The number of benzene rings is 1. The Morgan fingerprint density at radius 1 is 0.871 bits per heavy atom. The molecule has 1 saturated carbocycles. The molecule has 0 radical (unpaired) electrons. The highest BCUT2D eigenvalue weighted by molar-refractivity contribution is 5.21. The maximum Gasteiger partial charge on any atom is 0.197 e. The maximum atomic E-state index is 6.54. The van der Waals surface area contributed by atoms with Crippen molar-refractivity contribution < 1.29 is 14.2 Å². The van der Waals surface area contributed by atoms with Gasteiger partial charge in [-0.1, -0.05) is 75.8 Å². The summed E-state index contributed by atoms with van der Waals surface area (Å²) in [6, 6.07) is 10.7. The average Bonchev–Trinajstić information content (AvgIpc) is 3.57. The van der Waals surface area contributed by atoms with Crippen molar-refractivity contribution in [2.24, 2.45) is 11.8 Å². The first kappa shape index (κ1) is 24.7. The molecule has 0 N–H and O–H groups in total. The number of ether oxygens (including phenoxy) is 3. The van der Waals surface area contributed by atoms with Crippen LogP contribution in [0.25, 0.3) is 0 Å². The second kappa shape index (κ2) is 13.0. The van der Waals surface area contributed by atoms with Gasteiger partial charge in [0.2, 0.25) is 0 Å². The van der Waals surface area contributed by atoms with E-state index in [1.54, 1.807) is 0 Å². The van der Waals surface area contributed by atoms with Gasteiger partial charge >= 0.3 is 0 Å². The summed E-state index contributed by atoms with van der Waals surface area (Å²) < 4.78 is 18.9. The van der Waals surface area contributed by atoms with E-state index >= 15 is 0 Å². The van der Waals surface area contributed by atoms with Gasteiger partial charge in [0, 0.05) is 24.7 Å². The summed E-state index contributed by atoms with van der Waals surface area (Å²) in [6.45, 7) is 7.83. The molecular weight excluding hydrogens is 384 g/mol. The van der Waals surface area contributed by atoms with Gasteiger partial charge in [-0.05, 0) is 58.3 Å². The molecule has 3 rings (SSSR count). The quantitative estimate of drug-likeness (QED) is 0.153. The third-order valence-corrected chi connectivity index (χ3v) is 7.37. The van der Waals surface area contributed by atoms with Crippen LogP contribution in [0.3, 0.4) is 0 Å². The van der Waals surface area contributed by atoms with E-state index in [1.807, 2.05) is 0 Å². The molecule has 1 saturated heterocycles. The Balaban J connectivity index is 1.70. The average molecular weight is 431 g/mol. The van der Waals surface area contributed by atoms with Gasteiger partial charge in [0.1, 0.15) is 0 Å². The Morgan fingerprint density at radius 3 is 2.26 bits per heavy atom. The smallest absolute Gasteiger partial charge is 0.197 e. The lowest BCUT2D eigenvalue weighted by Crippen LogP contribution is -2.41. The summed E-state index contributed by atoms with van der Waals surface area (Å²) in [7, 11) is 0. The summed E-state index contributed by atoms with van der Waals surface area (Å²) in [5.74, 6) is 0.563. The fourth-order valence-corrected chi connectivity index (χ4v) is 5.66. The van der Waals surface area contributed by atoms with Crippen LogP contribution in [-0.2, 0) is 20.0 Å². The molecule has 3 nitrogen and oxygen atoms in total. The van der Waals surface area contributed by atoms with Gasteiger partial charge in [0.25, 0.3) is 0 Å². The largest absolute Gasteiger partial charge is 0.370 e. The first-order chi connectivity index (χ1) is 15.2. The van der Waals surface area contributed by atoms with Crippen molar-refractivity contribution in [3.8, 4) is 0 Å².